The fourth-order valence-electron chi connectivity index (χ4n) is 3.05. The van der Waals surface area contributed by atoms with Crippen molar-refractivity contribution in [1.29, 1.82) is 0 Å². The molecule has 5 nitrogen and oxygen atoms in total. The monoisotopic (exact) mass is 303 g/mol. The van der Waals surface area contributed by atoms with Crippen LogP contribution in [-0.4, -0.2) is 40.4 Å². The molecule has 0 atom stereocenters. The van der Waals surface area contributed by atoms with Crippen LogP contribution in [0.25, 0.3) is 0 Å². The second-order valence-electron chi connectivity index (χ2n) is 7.97. The highest BCUT2D eigenvalue weighted by molar-refractivity contribution is 6.61. The average Bonchev–Trinajstić information content (AvgIpc) is 2.86. The molecule has 22 heavy (non-hydrogen) atoms. The van der Waals surface area contributed by atoms with Crippen molar-refractivity contribution in [2.24, 2.45) is 0 Å². The van der Waals surface area contributed by atoms with E-state index in [9.17, 15) is 0 Å². The van der Waals surface area contributed by atoms with Gasteiger partial charge in [0.05, 0.1) is 11.2 Å². The third-order valence-electron chi connectivity index (χ3n) is 5.33. The molecule has 120 valence electrons. The van der Waals surface area contributed by atoms with Gasteiger partial charge in [0.15, 0.2) is 0 Å². The summed E-state index contributed by atoms with van der Waals surface area (Å²) in [4.78, 5) is 11.4. The maximum Gasteiger partial charge on any atom is 0.498 e. The molecule has 0 bridgehead atoms. The van der Waals surface area contributed by atoms with Gasteiger partial charge in [-0.05, 0) is 54.4 Å². The van der Waals surface area contributed by atoms with Gasteiger partial charge in [0.25, 0.3) is 0 Å². The number of hydrogen-bond acceptors (Lipinski definition) is 5. The molecule has 0 radical (unpaired) electrons. The van der Waals surface area contributed by atoms with E-state index in [1.807, 2.05) is 12.4 Å². The number of aromatic nitrogens is 2. The van der Waals surface area contributed by atoms with E-state index in [4.69, 9.17) is 9.31 Å². The van der Waals surface area contributed by atoms with Gasteiger partial charge in [-0.15, -0.1) is 0 Å². The first kappa shape index (κ1) is 15.7. The van der Waals surface area contributed by atoms with Gasteiger partial charge in [-0.3, -0.25) is 0 Å². The molecule has 0 unspecified atom stereocenters. The van der Waals surface area contributed by atoms with Crippen LogP contribution in [0, 0.1) is 0 Å². The average molecular weight is 303 g/mol. The Kier molecular flexibility index (Phi) is 3.53. The minimum absolute atomic E-state index is 0.131. The molecule has 0 aromatic carbocycles. The molecule has 0 aliphatic carbocycles. The van der Waals surface area contributed by atoms with Crippen LogP contribution in [0.2, 0.25) is 0 Å². The van der Waals surface area contributed by atoms with E-state index < -0.39 is 7.12 Å². The Morgan fingerprint density at radius 1 is 1.00 bits per heavy atom. The largest absolute Gasteiger partial charge is 0.498 e. The summed E-state index contributed by atoms with van der Waals surface area (Å²) in [5.41, 5.74) is 0.325. The molecule has 1 aromatic heterocycles. The van der Waals surface area contributed by atoms with Crippen LogP contribution >= 0.6 is 0 Å². The van der Waals surface area contributed by atoms with E-state index in [0.29, 0.717) is 0 Å². The van der Waals surface area contributed by atoms with E-state index in [1.54, 1.807) is 0 Å². The Morgan fingerprint density at radius 3 is 2.00 bits per heavy atom. The molecular weight excluding hydrogens is 277 g/mol. The van der Waals surface area contributed by atoms with Crippen LogP contribution in [0.1, 0.15) is 54.4 Å². The summed E-state index contributed by atoms with van der Waals surface area (Å²) in [6.45, 7) is 13.7. The predicted octanol–water partition coefficient (Wildman–Crippen LogP) is 2.15. The highest BCUT2D eigenvalue weighted by atomic mass is 16.7. The van der Waals surface area contributed by atoms with Gasteiger partial charge in [0.2, 0.25) is 5.95 Å². The van der Waals surface area contributed by atoms with Crippen LogP contribution in [0.15, 0.2) is 12.4 Å². The topological polar surface area (TPSA) is 47.5 Å². The summed E-state index contributed by atoms with van der Waals surface area (Å²) in [6, 6.07) is 0. The van der Waals surface area contributed by atoms with E-state index >= 15 is 0 Å². The van der Waals surface area contributed by atoms with Crippen molar-refractivity contribution in [2.45, 2.75) is 71.1 Å². The zero-order valence-electron chi connectivity index (χ0n) is 14.5. The zero-order chi connectivity index (χ0) is 16.2. The molecule has 2 saturated heterocycles. The summed E-state index contributed by atoms with van der Waals surface area (Å²) in [7, 11) is -0.398. The van der Waals surface area contributed by atoms with Crippen LogP contribution in [0.4, 0.5) is 5.95 Å². The van der Waals surface area contributed by atoms with Crippen molar-refractivity contribution >= 4 is 18.5 Å². The molecule has 2 aliphatic heterocycles. The standard InChI is InChI=1S/C16H26BN3O2/c1-14(2)8-7-9-20(14)13-18-10-12(11-19-13)17-21-15(3,4)16(5,6)22-17/h10-11H,7-9H2,1-6H3. The van der Waals surface area contributed by atoms with Crippen LogP contribution in [0.3, 0.4) is 0 Å². The van der Waals surface area contributed by atoms with Crippen LogP contribution < -0.4 is 10.4 Å². The molecule has 6 heteroatoms. The third kappa shape index (κ3) is 2.52. The smallest absolute Gasteiger partial charge is 0.399 e. The van der Waals surface area contributed by atoms with Gasteiger partial charge < -0.3 is 14.2 Å². The summed E-state index contributed by atoms with van der Waals surface area (Å²) in [5.74, 6) is 0.794. The molecule has 0 N–H and O–H groups in total. The maximum atomic E-state index is 6.04. The van der Waals surface area contributed by atoms with Gasteiger partial charge in [-0.25, -0.2) is 9.97 Å². The summed E-state index contributed by atoms with van der Waals surface area (Å²) in [5, 5.41) is 0. The van der Waals surface area contributed by atoms with Gasteiger partial charge in [0.1, 0.15) is 0 Å². The number of hydrogen-bond donors (Lipinski definition) is 0. The van der Waals surface area contributed by atoms with E-state index in [-0.39, 0.29) is 16.7 Å². The number of nitrogens with zero attached hydrogens (tertiary/aromatic N) is 3. The lowest BCUT2D eigenvalue weighted by Gasteiger charge is -2.32. The van der Waals surface area contributed by atoms with Crippen molar-refractivity contribution in [3.8, 4) is 0 Å². The lowest BCUT2D eigenvalue weighted by Crippen LogP contribution is -2.41. The molecule has 0 spiro atoms. The Morgan fingerprint density at radius 2 is 1.55 bits per heavy atom. The minimum atomic E-state index is -0.398. The molecule has 2 aliphatic rings. The molecule has 3 rings (SSSR count). The normalized spacial score (nSPS) is 25.7. The molecule has 3 heterocycles. The molecule has 2 fully saturated rings. The zero-order valence-corrected chi connectivity index (χ0v) is 14.5. The minimum Gasteiger partial charge on any atom is -0.399 e. The third-order valence-corrected chi connectivity index (χ3v) is 5.33. The van der Waals surface area contributed by atoms with Gasteiger partial charge in [0, 0.05) is 29.9 Å². The highest BCUT2D eigenvalue weighted by Crippen LogP contribution is 2.36. The van der Waals surface area contributed by atoms with E-state index in [0.717, 1.165) is 18.0 Å². The quantitative estimate of drug-likeness (QED) is 0.784. The van der Waals surface area contributed by atoms with Gasteiger partial charge >= 0.3 is 7.12 Å². The Bertz CT molecular complexity index is 541. The van der Waals surface area contributed by atoms with Crippen molar-refractivity contribution in [3.05, 3.63) is 12.4 Å². The second-order valence-corrected chi connectivity index (χ2v) is 7.97. The molecular formula is C16H26BN3O2. The lowest BCUT2D eigenvalue weighted by molar-refractivity contribution is 0.00578. The Balaban J connectivity index is 1.79. The SMILES string of the molecule is CC1(C)CCCN1c1ncc(B2OC(C)(C)C(C)(C)O2)cn1. The Labute approximate surface area is 133 Å². The van der Waals surface area contributed by atoms with Crippen LogP contribution in [0.5, 0.6) is 0 Å². The maximum absolute atomic E-state index is 6.04. The molecule has 1 aromatic rings. The predicted molar refractivity (Wildman–Crippen MR) is 88.4 cm³/mol. The number of rotatable bonds is 2. The van der Waals surface area contributed by atoms with E-state index in [2.05, 4.69) is 56.4 Å². The fraction of sp³-hybridized carbons (Fsp3) is 0.750. The fourth-order valence-corrected chi connectivity index (χ4v) is 3.05. The van der Waals surface area contributed by atoms with E-state index in [1.165, 1.54) is 12.8 Å². The lowest BCUT2D eigenvalue weighted by atomic mass is 9.81. The summed E-state index contributed by atoms with van der Waals surface area (Å²) < 4.78 is 12.1. The van der Waals surface area contributed by atoms with Crippen molar-refractivity contribution in [3.63, 3.8) is 0 Å². The molecule has 0 amide bonds. The first-order valence-corrected chi connectivity index (χ1v) is 8.08. The Hall–Kier alpha value is -1.14. The molecule has 0 saturated carbocycles. The van der Waals surface area contributed by atoms with Crippen molar-refractivity contribution < 1.29 is 9.31 Å². The highest BCUT2D eigenvalue weighted by Gasteiger charge is 2.52. The first-order chi connectivity index (χ1) is 10.1. The number of anilines is 1. The van der Waals surface area contributed by atoms with Gasteiger partial charge in [-0.2, -0.15) is 0 Å². The van der Waals surface area contributed by atoms with Crippen LogP contribution in [-0.2, 0) is 9.31 Å². The second kappa shape index (κ2) is 4.93. The van der Waals surface area contributed by atoms with Gasteiger partial charge in [-0.1, -0.05) is 0 Å². The summed E-state index contributed by atoms with van der Waals surface area (Å²) in [6.07, 6.45) is 6.03. The summed E-state index contributed by atoms with van der Waals surface area (Å²) >= 11 is 0. The van der Waals surface area contributed by atoms with Crippen molar-refractivity contribution in [2.75, 3.05) is 11.4 Å². The first-order valence-electron chi connectivity index (χ1n) is 8.08. The van der Waals surface area contributed by atoms with Crippen molar-refractivity contribution in [1.82, 2.24) is 9.97 Å².